The molecule has 2 fully saturated rings. The number of urea groups is 1. The Balaban J connectivity index is 1.48. The molecule has 2 atom stereocenters. The minimum Gasteiger partial charge on any atom is -0.493 e. The summed E-state index contributed by atoms with van der Waals surface area (Å²) in [5.74, 6) is 0.583. The Kier molecular flexibility index (Phi) is 6.06. The second kappa shape index (κ2) is 8.50. The third-order valence-corrected chi connectivity index (χ3v) is 5.55. The predicted molar refractivity (Wildman–Crippen MR) is 102 cm³/mol. The summed E-state index contributed by atoms with van der Waals surface area (Å²) in [6.45, 7) is 2.19. The van der Waals surface area contributed by atoms with Crippen LogP contribution < -0.4 is 20.1 Å². The maximum absolute atomic E-state index is 12.8. The van der Waals surface area contributed by atoms with Crippen LogP contribution in [0, 0.1) is 5.92 Å². The van der Waals surface area contributed by atoms with Gasteiger partial charge in [0.1, 0.15) is 18.7 Å². The monoisotopic (exact) mass is 389 g/mol. The van der Waals surface area contributed by atoms with Crippen molar-refractivity contribution in [3.63, 3.8) is 0 Å². The van der Waals surface area contributed by atoms with Crippen molar-refractivity contribution < 1.29 is 23.9 Å². The molecule has 1 spiro atoms. The molecule has 1 saturated carbocycles. The predicted octanol–water partition coefficient (Wildman–Crippen LogP) is 1.69. The SMILES string of the molecule is COc1ccccc1OCCNC(=O)CN1C(=O)N[C@]2(CCCC[C@@H]2C)C1=O. The number of rotatable bonds is 7. The zero-order valence-electron chi connectivity index (χ0n) is 16.3. The summed E-state index contributed by atoms with van der Waals surface area (Å²) in [5, 5.41) is 5.53. The largest absolute Gasteiger partial charge is 0.493 e. The van der Waals surface area contributed by atoms with Gasteiger partial charge in [0.2, 0.25) is 5.91 Å². The van der Waals surface area contributed by atoms with Crippen molar-refractivity contribution in [3.8, 4) is 11.5 Å². The number of nitrogens with zero attached hydrogens (tertiary/aromatic N) is 1. The Hall–Kier alpha value is -2.77. The number of nitrogens with one attached hydrogen (secondary N) is 2. The van der Waals surface area contributed by atoms with Crippen LogP contribution in [0.4, 0.5) is 4.79 Å². The molecule has 1 saturated heterocycles. The van der Waals surface area contributed by atoms with Gasteiger partial charge in [0.25, 0.3) is 5.91 Å². The highest BCUT2D eigenvalue weighted by molar-refractivity contribution is 6.09. The minimum absolute atomic E-state index is 0.0695. The smallest absolute Gasteiger partial charge is 0.325 e. The van der Waals surface area contributed by atoms with E-state index < -0.39 is 17.5 Å². The number of carbonyl (C=O) groups excluding carboxylic acids is 3. The number of methoxy groups -OCH3 is 1. The van der Waals surface area contributed by atoms with Crippen LogP contribution in [0.1, 0.15) is 32.6 Å². The van der Waals surface area contributed by atoms with Crippen molar-refractivity contribution in [1.82, 2.24) is 15.5 Å². The molecule has 0 radical (unpaired) electrons. The molecular weight excluding hydrogens is 362 g/mol. The first-order valence-electron chi connectivity index (χ1n) is 9.64. The van der Waals surface area contributed by atoms with Crippen molar-refractivity contribution in [1.29, 1.82) is 0 Å². The van der Waals surface area contributed by atoms with E-state index in [0.29, 0.717) is 17.9 Å². The normalized spacial score (nSPS) is 24.2. The van der Waals surface area contributed by atoms with E-state index in [1.54, 1.807) is 19.2 Å². The molecule has 4 amide bonds. The molecule has 8 nitrogen and oxygen atoms in total. The fourth-order valence-corrected chi connectivity index (χ4v) is 3.93. The van der Waals surface area contributed by atoms with Crippen molar-refractivity contribution in [2.75, 3.05) is 26.8 Å². The van der Waals surface area contributed by atoms with Gasteiger partial charge >= 0.3 is 6.03 Å². The molecule has 1 aliphatic carbocycles. The maximum atomic E-state index is 12.8. The van der Waals surface area contributed by atoms with Gasteiger partial charge in [-0.15, -0.1) is 0 Å². The van der Waals surface area contributed by atoms with Crippen LogP contribution in [-0.2, 0) is 9.59 Å². The molecule has 2 aliphatic rings. The fraction of sp³-hybridized carbons (Fsp3) is 0.550. The Labute approximate surface area is 164 Å². The summed E-state index contributed by atoms with van der Waals surface area (Å²) >= 11 is 0. The lowest BCUT2D eigenvalue weighted by Crippen LogP contribution is -2.54. The third-order valence-electron chi connectivity index (χ3n) is 5.55. The third kappa shape index (κ3) is 3.90. The van der Waals surface area contributed by atoms with Gasteiger partial charge in [0.05, 0.1) is 13.7 Å². The number of imide groups is 1. The van der Waals surface area contributed by atoms with Crippen LogP contribution in [-0.4, -0.2) is 55.1 Å². The topological polar surface area (TPSA) is 97.0 Å². The van der Waals surface area contributed by atoms with Gasteiger partial charge in [0.15, 0.2) is 11.5 Å². The van der Waals surface area contributed by atoms with E-state index in [4.69, 9.17) is 9.47 Å². The number of carbonyl (C=O) groups is 3. The lowest BCUT2D eigenvalue weighted by Gasteiger charge is -2.36. The van der Waals surface area contributed by atoms with Crippen LogP contribution in [0.2, 0.25) is 0 Å². The number of benzene rings is 1. The van der Waals surface area contributed by atoms with E-state index in [1.807, 2.05) is 19.1 Å². The first-order valence-corrected chi connectivity index (χ1v) is 9.64. The second-order valence-electron chi connectivity index (χ2n) is 7.29. The van der Waals surface area contributed by atoms with E-state index >= 15 is 0 Å². The highest BCUT2D eigenvalue weighted by Gasteiger charge is 2.55. The lowest BCUT2D eigenvalue weighted by atomic mass is 9.73. The summed E-state index contributed by atoms with van der Waals surface area (Å²) in [5.41, 5.74) is -0.845. The van der Waals surface area contributed by atoms with Gasteiger partial charge in [-0.05, 0) is 30.9 Å². The zero-order valence-corrected chi connectivity index (χ0v) is 16.3. The molecule has 0 aromatic heterocycles. The summed E-state index contributed by atoms with van der Waals surface area (Å²) < 4.78 is 10.8. The van der Waals surface area contributed by atoms with E-state index in [1.165, 1.54) is 0 Å². The quantitative estimate of drug-likeness (QED) is 0.546. The first kappa shape index (κ1) is 20.0. The van der Waals surface area contributed by atoms with E-state index in [2.05, 4.69) is 10.6 Å². The number of para-hydroxylation sites is 2. The fourth-order valence-electron chi connectivity index (χ4n) is 3.93. The molecule has 1 heterocycles. The minimum atomic E-state index is -0.845. The molecule has 0 unspecified atom stereocenters. The van der Waals surface area contributed by atoms with Gasteiger partial charge in [0, 0.05) is 0 Å². The Bertz CT molecular complexity index is 753. The van der Waals surface area contributed by atoms with Crippen LogP contribution in [0.15, 0.2) is 24.3 Å². The van der Waals surface area contributed by atoms with Crippen LogP contribution >= 0.6 is 0 Å². The van der Waals surface area contributed by atoms with Gasteiger partial charge in [-0.25, -0.2) is 4.79 Å². The van der Waals surface area contributed by atoms with E-state index in [9.17, 15) is 14.4 Å². The van der Waals surface area contributed by atoms with Gasteiger partial charge in [-0.3, -0.25) is 14.5 Å². The summed E-state index contributed by atoms with van der Waals surface area (Å²) in [4.78, 5) is 38.4. The highest BCUT2D eigenvalue weighted by Crippen LogP contribution is 2.38. The summed E-state index contributed by atoms with van der Waals surface area (Å²) in [6.07, 6.45) is 3.48. The molecule has 8 heteroatoms. The van der Waals surface area contributed by atoms with E-state index in [0.717, 1.165) is 24.2 Å². The number of amides is 4. The summed E-state index contributed by atoms with van der Waals surface area (Å²) in [6, 6.07) is 6.74. The average Bonchev–Trinajstić information content (AvgIpc) is 2.93. The first-order chi connectivity index (χ1) is 13.5. The molecular formula is C20H27N3O5. The van der Waals surface area contributed by atoms with Crippen molar-refractivity contribution in [2.45, 2.75) is 38.1 Å². The van der Waals surface area contributed by atoms with Crippen molar-refractivity contribution >= 4 is 17.8 Å². The zero-order chi connectivity index (χ0) is 20.1. The number of ether oxygens (including phenoxy) is 2. The average molecular weight is 389 g/mol. The molecule has 2 N–H and O–H groups in total. The van der Waals surface area contributed by atoms with Gasteiger partial charge in [-0.1, -0.05) is 31.9 Å². The molecule has 28 heavy (non-hydrogen) atoms. The second-order valence-corrected chi connectivity index (χ2v) is 7.29. The molecule has 1 aromatic rings. The molecule has 152 valence electrons. The van der Waals surface area contributed by atoms with Gasteiger partial charge in [-0.2, -0.15) is 0 Å². The Morgan fingerprint density at radius 2 is 2.04 bits per heavy atom. The van der Waals surface area contributed by atoms with Crippen LogP contribution in [0.25, 0.3) is 0 Å². The van der Waals surface area contributed by atoms with Crippen LogP contribution in [0.3, 0.4) is 0 Å². The molecule has 1 aliphatic heterocycles. The molecule has 0 bridgehead atoms. The number of hydrogen-bond acceptors (Lipinski definition) is 5. The van der Waals surface area contributed by atoms with E-state index in [-0.39, 0.29) is 31.5 Å². The number of hydrogen-bond donors (Lipinski definition) is 2. The highest BCUT2D eigenvalue weighted by atomic mass is 16.5. The standard InChI is InChI=1S/C20H27N3O5/c1-14-7-5-6-10-20(14)18(25)23(19(26)22-20)13-17(24)21-11-12-28-16-9-4-3-8-15(16)27-2/h3-4,8-9,14H,5-7,10-13H2,1-2H3,(H,21,24)(H,22,26)/t14-,20-/m0/s1. The van der Waals surface area contributed by atoms with Crippen molar-refractivity contribution in [2.24, 2.45) is 5.92 Å². The Morgan fingerprint density at radius 3 is 2.75 bits per heavy atom. The summed E-state index contributed by atoms with van der Waals surface area (Å²) in [7, 11) is 1.56. The molecule has 1 aromatic carbocycles. The Morgan fingerprint density at radius 1 is 1.29 bits per heavy atom. The van der Waals surface area contributed by atoms with Crippen molar-refractivity contribution in [3.05, 3.63) is 24.3 Å². The maximum Gasteiger partial charge on any atom is 0.325 e. The molecule has 3 rings (SSSR count). The van der Waals surface area contributed by atoms with Crippen LogP contribution in [0.5, 0.6) is 11.5 Å². The van der Waals surface area contributed by atoms with Gasteiger partial charge < -0.3 is 20.1 Å². The lowest BCUT2D eigenvalue weighted by molar-refractivity contribution is -0.137.